The molecule has 4 aromatic rings. The van der Waals surface area contributed by atoms with Crippen molar-refractivity contribution in [1.82, 2.24) is 29.5 Å². The minimum Gasteiger partial charge on any atom is -0.461 e. The zero-order chi connectivity index (χ0) is 31.9. The van der Waals surface area contributed by atoms with Gasteiger partial charge in [-0.2, -0.15) is 35.7 Å². The average molecular weight is 655 g/mol. The van der Waals surface area contributed by atoms with Crippen LogP contribution in [-0.4, -0.2) is 54.7 Å². The SMILES string of the molecule is CCOC(=O)c1csc(-n2[nH]c(C(F)(F)F)c(C(CC)c3c(C(F)(F)F)[nH]n(-c4nc(C(=O)OCC)cs4)c3=O)c2=O)n1. The number of hydrogen-bond donors (Lipinski definition) is 2. The van der Waals surface area contributed by atoms with Crippen LogP contribution in [-0.2, 0) is 21.8 Å². The number of hydrogen-bond acceptors (Lipinski definition) is 10. The molecule has 0 aliphatic heterocycles. The Morgan fingerprint density at radius 2 is 1.16 bits per heavy atom. The molecule has 20 heteroatoms. The summed E-state index contributed by atoms with van der Waals surface area (Å²) < 4.78 is 95.5. The van der Waals surface area contributed by atoms with E-state index < -0.39 is 80.5 Å². The van der Waals surface area contributed by atoms with Crippen LogP contribution in [0.1, 0.15) is 76.6 Å². The first kappa shape index (κ1) is 31.7. The van der Waals surface area contributed by atoms with Gasteiger partial charge in [0.05, 0.1) is 24.3 Å². The summed E-state index contributed by atoms with van der Waals surface area (Å²) in [7, 11) is 0. The molecule has 0 amide bonds. The summed E-state index contributed by atoms with van der Waals surface area (Å²) >= 11 is 1.19. The summed E-state index contributed by atoms with van der Waals surface area (Å²) in [5, 5.41) is 5.04. The summed E-state index contributed by atoms with van der Waals surface area (Å²) in [6, 6.07) is 0. The number of H-pyrrole nitrogens is 2. The van der Waals surface area contributed by atoms with Crippen molar-refractivity contribution >= 4 is 34.6 Å². The molecule has 12 nitrogen and oxygen atoms in total. The van der Waals surface area contributed by atoms with Crippen LogP contribution in [0.25, 0.3) is 10.3 Å². The summed E-state index contributed by atoms with van der Waals surface area (Å²) in [4.78, 5) is 58.4. The first-order valence-corrected chi connectivity index (χ1v) is 14.0. The molecule has 2 N–H and O–H groups in total. The summed E-state index contributed by atoms with van der Waals surface area (Å²) in [5.41, 5.74) is -9.29. The highest BCUT2D eigenvalue weighted by Gasteiger charge is 2.46. The maximum absolute atomic E-state index is 14.2. The van der Waals surface area contributed by atoms with Crippen molar-refractivity contribution in [1.29, 1.82) is 0 Å². The average Bonchev–Trinajstić information content (AvgIpc) is 3.70. The van der Waals surface area contributed by atoms with E-state index in [0.29, 0.717) is 32.0 Å². The lowest BCUT2D eigenvalue weighted by molar-refractivity contribution is -0.142. The van der Waals surface area contributed by atoms with Crippen LogP contribution in [0, 0.1) is 0 Å². The van der Waals surface area contributed by atoms with Crippen molar-refractivity contribution in [3.05, 3.63) is 65.4 Å². The second-order valence-electron chi connectivity index (χ2n) is 8.51. The number of carbonyl (C=O) groups is 2. The zero-order valence-electron chi connectivity index (χ0n) is 22.2. The molecule has 0 aromatic carbocycles. The summed E-state index contributed by atoms with van der Waals surface area (Å²) in [6.45, 7) is 4.14. The normalized spacial score (nSPS) is 12.2. The Morgan fingerprint density at radius 3 is 1.47 bits per heavy atom. The van der Waals surface area contributed by atoms with Crippen molar-refractivity contribution in [2.45, 2.75) is 45.5 Å². The molecule has 4 rings (SSSR count). The number of thiazole rings is 2. The molecule has 4 heterocycles. The minimum absolute atomic E-state index is 0.0322. The highest BCUT2D eigenvalue weighted by Crippen LogP contribution is 2.40. The van der Waals surface area contributed by atoms with Gasteiger partial charge in [0.15, 0.2) is 11.4 Å². The Balaban J connectivity index is 1.93. The standard InChI is InChI=1S/C23H20F6N6O6S2/c1-4-9(12-14(22(24,25)26)32-34(16(12)36)20-30-10(7-42-20)18(38)40-5-2)13-15(23(27,28)29)33-35(17(13)37)21-31-11(8-43-21)19(39)41-6-3/h7-9,32-33H,4-6H2,1-3H3. The summed E-state index contributed by atoms with van der Waals surface area (Å²) in [5.74, 6) is -3.86. The van der Waals surface area contributed by atoms with E-state index in [0.717, 1.165) is 10.8 Å². The fourth-order valence-electron chi connectivity index (χ4n) is 4.13. The van der Waals surface area contributed by atoms with Crippen LogP contribution in [0.5, 0.6) is 0 Å². The van der Waals surface area contributed by atoms with Crippen molar-refractivity contribution in [2.75, 3.05) is 13.2 Å². The molecule has 4 aromatic heterocycles. The first-order chi connectivity index (χ1) is 20.1. The molecule has 0 spiro atoms. The number of carbonyl (C=O) groups excluding carboxylic acids is 2. The first-order valence-electron chi connectivity index (χ1n) is 12.2. The van der Waals surface area contributed by atoms with Gasteiger partial charge >= 0.3 is 24.3 Å². The zero-order valence-corrected chi connectivity index (χ0v) is 23.8. The molecule has 0 bridgehead atoms. The van der Waals surface area contributed by atoms with Crippen molar-refractivity contribution in [3.8, 4) is 10.3 Å². The van der Waals surface area contributed by atoms with Crippen LogP contribution in [0.4, 0.5) is 26.3 Å². The Labute approximate surface area is 243 Å². The number of nitrogens with zero attached hydrogens (tertiary/aromatic N) is 4. The molecular formula is C23H20F6N6O6S2. The molecule has 0 saturated carbocycles. The third kappa shape index (κ3) is 6.01. The number of alkyl halides is 6. The molecule has 0 fully saturated rings. The van der Waals surface area contributed by atoms with Crippen molar-refractivity contribution < 1.29 is 45.4 Å². The predicted molar refractivity (Wildman–Crippen MR) is 138 cm³/mol. The molecule has 0 aliphatic carbocycles. The van der Waals surface area contributed by atoms with Gasteiger partial charge in [-0.15, -0.1) is 22.7 Å². The van der Waals surface area contributed by atoms with E-state index >= 15 is 0 Å². The van der Waals surface area contributed by atoms with Gasteiger partial charge in [-0.05, 0) is 20.3 Å². The third-order valence-electron chi connectivity index (χ3n) is 5.86. The number of ether oxygens (including phenoxy) is 2. The maximum atomic E-state index is 14.2. The Morgan fingerprint density at radius 1 is 0.791 bits per heavy atom. The monoisotopic (exact) mass is 654 g/mol. The second kappa shape index (κ2) is 11.8. The van der Waals surface area contributed by atoms with Gasteiger partial charge in [0.25, 0.3) is 11.1 Å². The molecular weight excluding hydrogens is 634 g/mol. The Bertz CT molecular complexity index is 1650. The van der Waals surface area contributed by atoms with Crippen molar-refractivity contribution in [3.63, 3.8) is 0 Å². The van der Waals surface area contributed by atoms with Gasteiger partial charge in [0.2, 0.25) is 10.3 Å². The van der Waals surface area contributed by atoms with Gasteiger partial charge in [0.1, 0.15) is 11.4 Å². The Kier molecular flexibility index (Phi) is 8.72. The smallest absolute Gasteiger partial charge is 0.433 e. The highest BCUT2D eigenvalue weighted by molar-refractivity contribution is 7.12. The number of rotatable bonds is 9. The number of halogens is 6. The van der Waals surface area contributed by atoms with E-state index in [4.69, 9.17) is 9.47 Å². The van der Waals surface area contributed by atoms with Crippen LogP contribution in [0.2, 0.25) is 0 Å². The van der Waals surface area contributed by atoms with E-state index in [1.54, 1.807) is 0 Å². The number of esters is 2. The van der Waals surface area contributed by atoms with E-state index in [2.05, 4.69) is 9.97 Å². The molecule has 43 heavy (non-hydrogen) atoms. The van der Waals surface area contributed by atoms with Gasteiger partial charge in [-0.25, -0.2) is 19.6 Å². The molecule has 0 atom stereocenters. The fraction of sp³-hybridized carbons (Fsp3) is 0.391. The van der Waals surface area contributed by atoms with Crippen LogP contribution in [0.15, 0.2) is 20.3 Å². The lowest BCUT2D eigenvalue weighted by Gasteiger charge is -2.16. The van der Waals surface area contributed by atoms with E-state index in [1.807, 2.05) is 10.2 Å². The fourth-order valence-corrected chi connectivity index (χ4v) is 5.63. The minimum atomic E-state index is -5.29. The third-order valence-corrected chi connectivity index (χ3v) is 7.51. The molecule has 0 radical (unpaired) electrons. The van der Waals surface area contributed by atoms with E-state index in [1.165, 1.54) is 20.8 Å². The van der Waals surface area contributed by atoms with E-state index in [9.17, 15) is 45.5 Å². The largest absolute Gasteiger partial charge is 0.461 e. The lowest BCUT2D eigenvalue weighted by Crippen LogP contribution is -2.26. The predicted octanol–water partition coefficient (Wildman–Crippen LogP) is 4.49. The Hall–Kier alpha value is -4.20. The molecule has 0 saturated heterocycles. The van der Waals surface area contributed by atoms with Gasteiger partial charge in [0, 0.05) is 16.7 Å². The summed E-state index contributed by atoms with van der Waals surface area (Å²) in [6.07, 6.45) is -11.1. The number of nitrogens with one attached hydrogen (secondary N) is 2. The van der Waals surface area contributed by atoms with Gasteiger partial charge < -0.3 is 9.47 Å². The van der Waals surface area contributed by atoms with E-state index in [-0.39, 0.29) is 24.6 Å². The lowest BCUT2D eigenvalue weighted by atomic mass is 9.88. The maximum Gasteiger partial charge on any atom is 0.433 e. The molecule has 0 aliphatic rings. The van der Waals surface area contributed by atoms with Crippen LogP contribution < -0.4 is 11.1 Å². The van der Waals surface area contributed by atoms with Gasteiger partial charge in [-0.3, -0.25) is 19.8 Å². The quantitative estimate of drug-likeness (QED) is 0.198. The van der Waals surface area contributed by atoms with Gasteiger partial charge in [-0.1, -0.05) is 6.92 Å². The number of aromatic amines is 2. The topological polar surface area (TPSA) is 154 Å². The molecule has 232 valence electrons. The number of aromatic nitrogens is 6. The van der Waals surface area contributed by atoms with Crippen molar-refractivity contribution in [2.24, 2.45) is 0 Å². The second-order valence-corrected chi connectivity index (χ2v) is 10.2. The molecule has 0 unspecified atom stereocenters. The van der Waals surface area contributed by atoms with Crippen LogP contribution >= 0.6 is 22.7 Å². The highest BCUT2D eigenvalue weighted by atomic mass is 32.1. The van der Waals surface area contributed by atoms with Crippen LogP contribution in [0.3, 0.4) is 0 Å².